The lowest BCUT2D eigenvalue weighted by molar-refractivity contribution is 0.0322. The van der Waals surface area contributed by atoms with Crippen LogP contribution in [0.15, 0.2) is 41.9 Å². The highest BCUT2D eigenvalue weighted by atomic mass is 16.5. The summed E-state index contributed by atoms with van der Waals surface area (Å²) in [6.45, 7) is 13.5. The predicted octanol–water partition coefficient (Wildman–Crippen LogP) is 2.76. The minimum atomic E-state index is 0.599. The van der Waals surface area contributed by atoms with Crippen LogP contribution in [-0.4, -0.2) is 75.4 Å². The van der Waals surface area contributed by atoms with E-state index in [0.29, 0.717) is 13.2 Å². The molecule has 1 N–H and O–H groups in total. The van der Waals surface area contributed by atoms with Gasteiger partial charge in [0.2, 0.25) is 0 Å². The number of allylic oxidation sites excluding steroid dienone is 1. The summed E-state index contributed by atoms with van der Waals surface area (Å²) in [4.78, 5) is 9.38. The summed E-state index contributed by atoms with van der Waals surface area (Å²) in [6.07, 6.45) is 4.05. The maximum Gasteiger partial charge on any atom is 0.193 e. The van der Waals surface area contributed by atoms with Crippen molar-refractivity contribution in [2.45, 2.75) is 26.3 Å². The van der Waals surface area contributed by atoms with E-state index in [1.165, 1.54) is 0 Å². The molecule has 0 radical (unpaired) electrons. The molecule has 0 amide bonds. The first-order valence-corrected chi connectivity index (χ1v) is 10.4. The molecule has 0 aliphatic carbocycles. The molecule has 1 aromatic rings. The van der Waals surface area contributed by atoms with Gasteiger partial charge in [0.05, 0.1) is 19.8 Å². The first kappa shape index (κ1) is 22.2. The summed E-state index contributed by atoms with van der Waals surface area (Å²) in [5.41, 5.74) is 1.11. The predicted molar refractivity (Wildman–Crippen MR) is 116 cm³/mol. The van der Waals surface area contributed by atoms with Gasteiger partial charge in [-0.05, 0) is 25.8 Å². The smallest absolute Gasteiger partial charge is 0.193 e. The molecule has 0 atom stereocenters. The van der Waals surface area contributed by atoms with Gasteiger partial charge < -0.3 is 19.7 Å². The van der Waals surface area contributed by atoms with Gasteiger partial charge in [-0.3, -0.25) is 4.90 Å². The van der Waals surface area contributed by atoms with Crippen molar-refractivity contribution >= 4 is 5.96 Å². The summed E-state index contributed by atoms with van der Waals surface area (Å²) >= 11 is 0. The fraction of sp³-hybridized carbons (Fsp3) is 0.591. The number of aliphatic imine (C=N–C) groups is 1. The van der Waals surface area contributed by atoms with Crippen LogP contribution in [0.25, 0.3) is 0 Å². The molecule has 6 heteroatoms. The van der Waals surface area contributed by atoms with Crippen LogP contribution in [0.2, 0.25) is 0 Å². The Labute approximate surface area is 170 Å². The zero-order valence-electron chi connectivity index (χ0n) is 17.5. The number of benzene rings is 1. The maximum atomic E-state index is 6.08. The highest BCUT2D eigenvalue weighted by Gasteiger charge is 2.11. The molecule has 28 heavy (non-hydrogen) atoms. The normalized spacial score (nSPS) is 15.3. The maximum absolute atomic E-state index is 6.08. The highest BCUT2D eigenvalue weighted by molar-refractivity contribution is 5.79. The number of hydrogen-bond acceptors (Lipinski definition) is 4. The van der Waals surface area contributed by atoms with Gasteiger partial charge in [0.15, 0.2) is 5.96 Å². The van der Waals surface area contributed by atoms with Crippen molar-refractivity contribution in [3.05, 3.63) is 42.5 Å². The standard InChI is InChI=1S/C22H36N4O2/c1-4-6-9-12-25(3)22(23-5-2)24-19-20-10-7-8-11-21(20)28-18-15-26-13-16-27-17-14-26/h4,7-8,10-11H,1,5-6,9,12-19H2,2-3H3,(H,23,24). The molecule has 1 aromatic carbocycles. The van der Waals surface area contributed by atoms with Gasteiger partial charge in [-0.2, -0.15) is 0 Å². The Bertz CT molecular complexity index is 600. The van der Waals surface area contributed by atoms with Crippen molar-refractivity contribution in [2.24, 2.45) is 4.99 Å². The minimum Gasteiger partial charge on any atom is -0.492 e. The molecule has 1 aliphatic heterocycles. The molecule has 0 unspecified atom stereocenters. The summed E-state index contributed by atoms with van der Waals surface area (Å²) in [5, 5.41) is 3.38. The number of ether oxygens (including phenoxy) is 2. The third kappa shape index (κ3) is 7.90. The largest absolute Gasteiger partial charge is 0.492 e. The number of morpholine rings is 1. The van der Waals surface area contributed by atoms with Crippen molar-refractivity contribution < 1.29 is 9.47 Å². The Morgan fingerprint density at radius 2 is 2.14 bits per heavy atom. The molecule has 0 aromatic heterocycles. The molecular formula is C22H36N4O2. The quantitative estimate of drug-likeness (QED) is 0.273. The van der Waals surface area contributed by atoms with Crippen LogP contribution in [0.4, 0.5) is 0 Å². The fourth-order valence-corrected chi connectivity index (χ4v) is 3.09. The van der Waals surface area contributed by atoms with Crippen molar-refractivity contribution in [1.29, 1.82) is 0 Å². The SMILES string of the molecule is C=CCCCN(C)C(=NCc1ccccc1OCCN1CCOCC1)NCC. The van der Waals surface area contributed by atoms with Crippen LogP contribution in [0, 0.1) is 0 Å². The van der Waals surface area contributed by atoms with Crippen molar-refractivity contribution in [3.8, 4) is 5.75 Å². The van der Waals surface area contributed by atoms with Gasteiger partial charge >= 0.3 is 0 Å². The topological polar surface area (TPSA) is 49.3 Å². The lowest BCUT2D eigenvalue weighted by Gasteiger charge is -2.26. The first-order chi connectivity index (χ1) is 13.7. The van der Waals surface area contributed by atoms with Gasteiger partial charge in [0.1, 0.15) is 12.4 Å². The second-order valence-corrected chi connectivity index (χ2v) is 6.93. The van der Waals surface area contributed by atoms with E-state index in [1.54, 1.807) is 0 Å². The first-order valence-electron chi connectivity index (χ1n) is 10.4. The van der Waals surface area contributed by atoms with Gasteiger partial charge in [0, 0.05) is 45.3 Å². The summed E-state index contributed by atoms with van der Waals surface area (Å²) in [5.74, 6) is 1.85. The molecule has 6 nitrogen and oxygen atoms in total. The monoisotopic (exact) mass is 388 g/mol. The molecule has 1 saturated heterocycles. The van der Waals surface area contributed by atoms with E-state index in [0.717, 1.165) is 76.1 Å². The number of unbranched alkanes of at least 4 members (excludes halogenated alkanes) is 1. The lowest BCUT2D eigenvalue weighted by Crippen LogP contribution is -2.39. The van der Waals surface area contributed by atoms with Gasteiger partial charge in [-0.25, -0.2) is 4.99 Å². The van der Waals surface area contributed by atoms with Crippen molar-refractivity contribution in [2.75, 3.05) is 59.6 Å². The Morgan fingerprint density at radius 3 is 2.89 bits per heavy atom. The fourth-order valence-electron chi connectivity index (χ4n) is 3.09. The van der Waals surface area contributed by atoms with Gasteiger partial charge in [-0.1, -0.05) is 24.3 Å². The highest BCUT2D eigenvalue weighted by Crippen LogP contribution is 2.19. The zero-order valence-corrected chi connectivity index (χ0v) is 17.5. The summed E-state index contributed by atoms with van der Waals surface area (Å²) in [6, 6.07) is 8.18. The van der Waals surface area contributed by atoms with E-state index in [9.17, 15) is 0 Å². The molecule has 0 bridgehead atoms. The van der Waals surface area contributed by atoms with Crippen LogP contribution in [0.3, 0.4) is 0 Å². The van der Waals surface area contributed by atoms with E-state index in [1.807, 2.05) is 24.3 Å². The Balaban J connectivity index is 1.91. The molecule has 0 saturated carbocycles. The van der Waals surface area contributed by atoms with E-state index in [4.69, 9.17) is 14.5 Å². The third-order valence-electron chi connectivity index (χ3n) is 4.74. The van der Waals surface area contributed by atoms with Crippen molar-refractivity contribution in [3.63, 3.8) is 0 Å². The van der Waals surface area contributed by atoms with Crippen LogP contribution < -0.4 is 10.1 Å². The third-order valence-corrected chi connectivity index (χ3v) is 4.74. The van der Waals surface area contributed by atoms with Crippen LogP contribution in [0.1, 0.15) is 25.3 Å². The zero-order chi connectivity index (χ0) is 20.0. The number of hydrogen-bond donors (Lipinski definition) is 1. The lowest BCUT2D eigenvalue weighted by atomic mass is 10.2. The molecular weight excluding hydrogens is 352 g/mol. The summed E-state index contributed by atoms with van der Waals surface area (Å²) < 4.78 is 11.5. The Morgan fingerprint density at radius 1 is 1.36 bits per heavy atom. The van der Waals surface area contributed by atoms with E-state index in [-0.39, 0.29) is 0 Å². The number of nitrogens with one attached hydrogen (secondary N) is 1. The average Bonchev–Trinajstić information content (AvgIpc) is 2.73. The van der Waals surface area contributed by atoms with Crippen molar-refractivity contribution in [1.82, 2.24) is 15.1 Å². The molecule has 2 rings (SSSR count). The minimum absolute atomic E-state index is 0.599. The Kier molecular flexibility index (Phi) is 10.5. The molecule has 1 aliphatic rings. The van der Waals surface area contributed by atoms with Crippen LogP contribution >= 0.6 is 0 Å². The van der Waals surface area contributed by atoms with Crippen LogP contribution in [-0.2, 0) is 11.3 Å². The number of rotatable bonds is 11. The molecule has 1 heterocycles. The second-order valence-electron chi connectivity index (χ2n) is 6.93. The molecule has 1 fully saturated rings. The van der Waals surface area contributed by atoms with E-state index >= 15 is 0 Å². The van der Waals surface area contributed by atoms with E-state index in [2.05, 4.69) is 41.7 Å². The number of para-hydroxylation sites is 1. The van der Waals surface area contributed by atoms with Gasteiger partial charge in [-0.15, -0.1) is 6.58 Å². The summed E-state index contributed by atoms with van der Waals surface area (Å²) in [7, 11) is 2.08. The average molecular weight is 389 g/mol. The van der Waals surface area contributed by atoms with Gasteiger partial charge in [0.25, 0.3) is 0 Å². The Hall–Kier alpha value is -2.05. The second kappa shape index (κ2) is 13.2. The number of nitrogens with zero attached hydrogens (tertiary/aromatic N) is 3. The molecule has 0 spiro atoms. The van der Waals surface area contributed by atoms with E-state index < -0.39 is 0 Å². The van der Waals surface area contributed by atoms with Crippen LogP contribution in [0.5, 0.6) is 5.75 Å². The molecule has 156 valence electrons. The number of guanidine groups is 1.